The summed E-state index contributed by atoms with van der Waals surface area (Å²) < 4.78 is 4.35. The van der Waals surface area contributed by atoms with Gasteiger partial charge in [0, 0.05) is 18.0 Å². The standard InChI is InChI=1S/C13H14ClN3O3/c1-8-2-3-9(6-10(8)14)7-12(18)15-5-4-11-16-13(19)20-17-11/h2-3,6H,4-5,7H2,1H3,(H,15,18)(H,16,17,19). The van der Waals surface area contributed by atoms with Gasteiger partial charge in [-0.1, -0.05) is 28.9 Å². The maximum absolute atomic E-state index is 11.7. The van der Waals surface area contributed by atoms with E-state index in [9.17, 15) is 9.59 Å². The quantitative estimate of drug-likeness (QED) is 0.868. The van der Waals surface area contributed by atoms with Crippen LogP contribution >= 0.6 is 11.6 Å². The van der Waals surface area contributed by atoms with Crippen molar-refractivity contribution in [1.82, 2.24) is 15.5 Å². The molecule has 6 nitrogen and oxygen atoms in total. The van der Waals surface area contributed by atoms with Crippen LogP contribution in [0.3, 0.4) is 0 Å². The van der Waals surface area contributed by atoms with Crippen molar-refractivity contribution in [3.8, 4) is 0 Å². The van der Waals surface area contributed by atoms with Gasteiger partial charge in [0.25, 0.3) is 0 Å². The minimum absolute atomic E-state index is 0.115. The summed E-state index contributed by atoms with van der Waals surface area (Å²) in [6, 6.07) is 5.53. The number of aromatic amines is 1. The molecule has 1 aromatic carbocycles. The number of carbonyl (C=O) groups is 1. The third kappa shape index (κ3) is 3.96. The van der Waals surface area contributed by atoms with Crippen LogP contribution in [0, 0.1) is 6.92 Å². The van der Waals surface area contributed by atoms with Crippen molar-refractivity contribution < 1.29 is 9.32 Å². The molecule has 1 heterocycles. The number of aromatic nitrogens is 2. The van der Waals surface area contributed by atoms with Crippen LogP contribution in [-0.4, -0.2) is 22.6 Å². The second-order valence-electron chi connectivity index (χ2n) is 4.40. The fraction of sp³-hybridized carbons (Fsp3) is 0.308. The Morgan fingerprint density at radius 1 is 1.50 bits per heavy atom. The van der Waals surface area contributed by atoms with Gasteiger partial charge in [-0.3, -0.25) is 14.3 Å². The number of hydrogen-bond donors (Lipinski definition) is 2. The summed E-state index contributed by atoms with van der Waals surface area (Å²) >= 11 is 6.00. The first-order chi connectivity index (χ1) is 9.54. The van der Waals surface area contributed by atoms with Crippen LogP contribution in [-0.2, 0) is 17.6 Å². The molecule has 7 heteroatoms. The third-order valence-electron chi connectivity index (χ3n) is 2.77. The largest absolute Gasteiger partial charge is 0.438 e. The molecule has 0 aliphatic rings. The molecule has 2 N–H and O–H groups in total. The molecule has 20 heavy (non-hydrogen) atoms. The zero-order valence-corrected chi connectivity index (χ0v) is 11.7. The van der Waals surface area contributed by atoms with Crippen molar-refractivity contribution in [2.45, 2.75) is 19.8 Å². The van der Waals surface area contributed by atoms with Gasteiger partial charge in [0.05, 0.1) is 6.42 Å². The van der Waals surface area contributed by atoms with E-state index in [2.05, 4.69) is 20.0 Å². The first-order valence-electron chi connectivity index (χ1n) is 6.11. The molecular formula is C13H14ClN3O3. The maximum Gasteiger partial charge on any atom is 0.438 e. The van der Waals surface area contributed by atoms with E-state index in [4.69, 9.17) is 11.6 Å². The summed E-state index contributed by atoms with van der Waals surface area (Å²) in [5.41, 5.74) is 1.83. The smallest absolute Gasteiger partial charge is 0.355 e. The molecule has 2 aromatic rings. The van der Waals surface area contributed by atoms with E-state index in [0.717, 1.165) is 11.1 Å². The Bertz CT molecular complexity index is 663. The van der Waals surface area contributed by atoms with E-state index in [1.165, 1.54) is 0 Å². The van der Waals surface area contributed by atoms with Crippen molar-refractivity contribution in [1.29, 1.82) is 0 Å². The molecule has 0 saturated carbocycles. The van der Waals surface area contributed by atoms with E-state index in [1.54, 1.807) is 6.07 Å². The number of benzene rings is 1. The minimum Gasteiger partial charge on any atom is -0.355 e. The fourth-order valence-electron chi connectivity index (χ4n) is 1.68. The molecule has 106 valence electrons. The molecule has 0 bridgehead atoms. The van der Waals surface area contributed by atoms with Crippen LogP contribution in [0.1, 0.15) is 17.0 Å². The van der Waals surface area contributed by atoms with E-state index in [-0.39, 0.29) is 12.3 Å². The van der Waals surface area contributed by atoms with Gasteiger partial charge in [-0.05, 0) is 24.1 Å². The molecular weight excluding hydrogens is 282 g/mol. The SMILES string of the molecule is Cc1ccc(CC(=O)NCCc2noc(=O)[nH]2)cc1Cl. The van der Waals surface area contributed by atoms with Crippen LogP contribution in [0.25, 0.3) is 0 Å². The average Bonchev–Trinajstić information content (AvgIpc) is 2.80. The fourth-order valence-corrected chi connectivity index (χ4v) is 1.89. The van der Waals surface area contributed by atoms with Gasteiger partial charge in [0.1, 0.15) is 0 Å². The van der Waals surface area contributed by atoms with Crippen LogP contribution < -0.4 is 11.1 Å². The van der Waals surface area contributed by atoms with Crippen molar-refractivity contribution in [3.05, 3.63) is 50.7 Å². The summed E-state index contributed by atoms with van der Waals surface area (Å²) in [5, 5.41) is 6.89. The normalized spacial score (nSPS) is 10.5. The Labute approximate surface area is 120 Å². The van der Waals surface area contributed by atoms with Gasteiger partial charge in [0.2, 0.25) is 5.91 Å². The van der Waals surface area contributed by atoms with Crippen LogP contribution in [0.2, 0.25) is 5.02 Å². The van der Waals surface area contributed by atoms with Gasteiger partial charge in [-0.15, -0.1) is 0 Å². The monoisotopic (exact) mass is 295 g/mol. The number of rotatable bonds is 5. The number of carbonyl (C=O) groups excluding carboxylic acids is 1. The topological polar surface area (TPSA) is 88.0 Å². The summed E-state index contributed by atoms with van der Waals surface area (Å²) in [4.78, 5) is 24.8. The second-order valence-corrected chi connectivity index (χ2v) is 4.81. The molecule has 0 aliphatic carbocycles. The van der Waals surface area contributed by atoms with Crippen molar-refractivity contribution in [2.24, 2.45) is 0 Å². The van der Waals surface area contributed by atoms with E-state index < -0.39 is 5.76 Å². The highest BCUT2D eigenvalue weighted by molar-refractivity contribution is 6.31. The molecule has 1 aromatic heterocycles. The zero-order valence-electron chi connectivity index (χ0n) is 10.9. The average molecular weight is 296 g/mol. The number of amides is 1. The van der Waals surface area contributed by atoms with E-state index in [1.807, 2.05) is 19.1 Å². The number of H-pyrrole nitrogens is 1. The number of nitrogens with zero attached hydrogens (tertiary/aromatic N) is 1. The number of hydrogen-bond acceptors (Lipinski definition) is 4. The number of nitrogens with one attached hydrogen (secondary N) is 2. The third-order valence-corrected chi connectivity index (χ3v) is 3.18. The Morgan fingerprint density at radius 2 is 2.30 bits per heavy atom. The number of aryl methyl sites for hydroxylation is 1. The number of halogens is 1. The van der Waals surface area contributed by atoms with Crippen molar-refractivity contribution >= 4 is 17.5 Å². The van der Waals surface area contributed by atoms with Gasteiger partial charge in [0.15, 0.2) is 5.82 Å². The summed E-state index contributed by atoms with van der Waals surface area (Å²) in [7, 11) is 0. The lowest BCUT2D eigenvalue weighted by Crippen LogP contribution is -2.27. The molecule has 0 saturated heterocycles. The predicted octanol–water partition coefficient (Wildman–Crippen LogP) is 1.23. The van der Waals surface area contributed by atoms with Gasteiger partial charge >= 0.3 is 5.76 Å². The lowest BCUT2D eigenvalue weighted by atomic mass is 10.1. The van der Waals surface area contributed by atoms with Gasteiger partial charge < -0.3 is 5.32 Å². The lowest BCUT2D eigenvalue weighted by molar-refractivity contribution is -0.120. The molecule has 0 aliphatic heterocycles. The highest BCUT2D eigenvalue weighted by Crippen LogP contribution is 2.16. The molecule has 0 fully saturated rings. The molecule has 0 atom stereocenters. The van der Waals surface area contributed by atoms with Gasteiger partial charge in [-0.2, -0.15) is 0 Å². The Balaban J connectivity index is 1.80. The van der Waals surface area contributed by atoms with Crippen LogP contribution in [0.5, 0.6) is 0 Å². The highest BCUT2D eigenvalue weighted by Gasteiger charge is 2.06. The summed E-state index contributed by atoms with van der Waals surface area (Å²) in [6.07, 6.45) is 0.668. The molecule has 2 rings (SSSR count). The van der Waals surface area contributed by atoms with Crippen molar-refractivity contribution in [3.63, 3.8) is 0 Å². The first kappa shape index (κ1) is 14.3. The summed E-state index contributed by atoms with van der Waals surface area (Å²) in [6.45, 7) is 2.28. The highest BCUT2D eigenvalue weighted by atomic mass is 35.5. The Hall–Kier alpha value is -2.08. The van der Waals surface area contributed by atoms with Gasteiger partial charge in [-0.25, -0.2) is 4.79 Å². The summed E-state index contributed by atoms with van der Waals surface area (Å²) in [5.74, 6) is -0.301. The predicted molar refractivity (Wildman–Crippen MR) is 73.7 cm³/mol. The second kappa shape index (κ2) is 6.38. The van der Waals surface area contributed by atoms with Crippen LogP contribution in [0.4, 0.5) is 0 Å². The molecule has 0 radical (unpaired) electrons. The maximum atomic E-state index is 11.7. The van der Waals surface area contributed by atoms with Crippen molar-refractivity contribution in [2.75, 3.05) is 6.54 Å². The molecule has 0 spiro atoms. The first-order valence-corrected chi connectivity index (χ1v) is 6.49. The Kier molecular flexibility index (Phi) is 4.57. The van der Waals surface area contributed by atoms with E-state index in [0.29, 0.717) is 23.8 Å². The Morgan fingerprint density at radius 3 is 2.95 bits per heavy atom. The lowest BCUT2D eigenvalue weighted by Gasteiger charge is -2.05. The molecule has 1 amide bonds. The minimum atomic E-state index is -0.597. The van der Waals surface area contributed by atoms with Crippen LogP contribution in [0.15, 0.2) is 27.5 Å². The molecule has 0 unspecified atom stereocenters. The zero-order chi connectivity index (χ0) is 14.5. The van der Waals surface area contributed by atoms with E-state index >= 15 is 0 Å².